The molecular weight excluding hydrogens is 129 g/mol. The molecule has 5 heteroatoms. The third-order valence-electron chi connectivity index (χ3n) is 0.515. The molecule has 0 heterocycles. The van der Waals surface area contributed by atoms with E-state index in [1.165, 1.54) is 0 Å². The van der Waals surface area contributed by atoms with E-state index in [1.807, 2.05) is 0 Å². The molecule has 0 amide bonds. The Morgan fingerprint density at radius 2 is 2.38 bits per heavy atom. The quantitative estimate of drug-likeness (QED) is 0.428. The van der Waals surface area contributed by atoms with Crippen LogP contribution in [0.5, 0.6) is 0 Å². The van der Waals surface area contributed by atoms with Crippen LogP contribution in [-0.2, 0) is 9.36 Å². The summed E-state index contributed by atoms with van der Waals surface area (Å²) >= 11 is 0. The van der Waals surface area contributed by atoms with Crippen LogP contribution >= 0.6 is 8.61 Å². The fourth-order valence-electron chi connectivity index (χ4n) is 0.208. The van der Waals surface area contributed by atoms with Crippen molar-refractivity contribution >= 4 is 14.6 Å². The number of carboxylic acid groups (broad SMARTS) is 1. The highest BCUT2D eigenvalue weighted by molar-refractivity contribution is 7.21. The minimum Gasteiger partial charge on any atom is -0.481 e. The van der Waals surface area contributed by atoms with E-state index in [0.717, 1.165) is 0 Å². The molecule has 0 bridgehead atoms. The summed E-state index contributed by atoms with van der Waals surface area (Å²) in [6.45, 7) is 0.250. The van der Waals surface area contributed by atoms with Crippen molar-refractivity contribution in [2.24, 2.45) is 0 Å². The van der Waals surface area contributed by atoms with Gasteiger partial charge in [-0.3, -0.25) is 9.36 Å². The number of aliphatic carboxylic acids is 1. The molecular formula is C3H6NO3P. The van der Waals surface area contributed by atoms with Gasteiger partial charge < -0.3 is 5.11 Å². The third kappa shape index (κ3) is 5.53. The van der Waals surface area contributed by atoms with Crippen molar-refractivity contribution in [2.45, 2.75) is 6.42 Å². The second-order valence-electron chi connectivity index (χ2n) is 1.14. The standard InChI is InChI=1S/C3H6NO3P/c5-3(6)1-2-4-8-7/h1-2H2,(H,4,7)(H,5,6). The molecule has 0 aliphatic rings. The van der Waals surface area contributed by atoms with E-state index in [4.69, 9.17) is 5.11 Å². The molecule has 0 aromatic heterocycles. The molecule has 0 spiro atoms. The molecule has 0 aliphatic carbocycles. The Labute approximate surface area is 48.2 Å². The van der Waals surface area contributed by atoms with Crippen LogP contribution in [0, 0.1) is 0 Å². The zero-order valence-electron chi connectivity index (χ0n) is 4.13. The van der Waals surface area contributed by atoms with Crippen LogP contribution in [0.2, 0.25) is 0 Å². The molecule has 0 rings (SSSR count). The molecule has 0 aliphatic heterocycles. The van der Waals surface area contributed by atoms with E-state index in [0.29, 0.717) is 0 Å². The number of nitrogens with one attached hydrogen (secondary N) is 1. The largest absolute Gasteiger partial charge is 0.481 e. The first kappa shape index (κ1) is 7.53. The van der Waals surface area contributed by atoms with Gasteiger partial charge >= 0.3 is 5.97 Å². The van der Waals surface area contributed by atoms with Crippen LogP contribution in [0.15, 0.2) is 0 Å². The number of hydrogen-bond acceptors (Lipinski definition) is 2. The summed E-state index contributed by atoms with van der Waals surface area (Å²) in [6.07, 6.45) is 0.00917. The molecule has 2 N–H and O–H groups in total. The summed E-state index contributed by atoms with van der Waals surface area (Å²) in [5.74, 6) is -0.888. The maximum absolute atomic E-state index is 9.73. The highest BCUT2D eigenvalue weighted by Crippen LogP contribution is 1.81. The molecule has 0 saturated carbocycles. The van der Waals surface area contributed by atoms with E-state index < -0.39 is 5.97 Å². The van der Waals surface area contributed by atoms with Crippen LogP contribution < -0.4 is 5.09 Å². The summed E-state index contributed by atoms with van der Waals surface area (Å²) < 4.78 is 9.58. The predicted molar refractivity (Wildman–Crippen MR) is 27.9 cm³/mol. The maximum atomic E-state index is 9.73. The van der Waals surface area contributed by atoms with E-state index in [1.54, 1.807) is 0 Å². The normalized spacial score (nSPS) is 9.50. The van der Waals surface area contributed by atoms with Gasteiger partial charge in [-0.1, -0.05) is 0 Å². The zero-order chi connectivity index (χ0) is 6.41. The first-order valence-electron chi connectivity index (χ1n) is 2.04. The Morgan fingerprint density at radius 3 is 2.75 bits per heavy atom. The van der Waals surface area contributed by atoms with Crippen molar-refractivity contribution in [1.82, 2.24) is 5.09 Å². The molecule has 0 fully saturated rings. The van der Waals surface area contributed by atoms with Crippen molar-refractivity contribution in [3.8, 4) is 0 Å². The van der Waals surface area contributed by atoms with Gasteiger partial charge in [0.25, 0.3) is 0 Å². The lowest BCUT2D eigenvalue weighted by Crippen LogP contribution is -2.07. The van der Waals surface area contributed by atoms with Crippen LogP contribution in [0.1, 0.15) is 6.42 Å². The molecule has 0 unspecified atom stereocenters. The smallest absolute Gasteiger partial charge is 0.304 e. The van der Waals surface area contributed by atoms with Crippen LogP contribution in [0.4, 0.5) is 0 Å². The fraction of sp³-hybridized carbons (Fsp3) is 0.667. The minimum absolute atomic E-state index is 0.00917. The average Bonchev–Trinajstić information content (AvgIpc) is 1.66. The van der Waals surface area contributed by atoms with Crippen molar-refractivity contribution < 1.29 is 14.5 Å². The predicted octanol–water partition coefficient (Wildman–Crippen LogP) is 0.257. The lowest BCUT2D eigenvalue weighted by Gasteiger charge is -1.87. The van der Waals surface area contributed by atoms with Gasteiger partial charge in [0.15, 0.2) is 0 Å². The third-order valence-corrected chi connectivity index (χ3v) is 0.868. The van der Waals surface area contributed by atoms with Gasteiger partial charge in [0.2, 0.25) is 8.61 Å². The van der Waals surface area contributed by atoms with Gasteiger partial charge in [-0.05, 0) is 0 Å². The highest BCUT2D eigenvalue weighted by Gasteiger charge is 1.92. The van der Waals surface area contributed by atoms with Gasteiger partial charge in [0.1, 0.15) is 0 Å². The Bertz CT molecular complexity index is 94.5. The molecule has 8 heavy (non-hydrogen) atoms. The van der Waals surface area contributed by atoms with Crippen molar-refractivity contribution in [3.05, 3.63) is 0 Å². The molecule has 0 aromatic rings. The van der Waals surface area contributed by atoms with Gasteiger partial charge in [0.05, 0.1) is 6.42 Å². The minimum atomic E-state index is -0.888. The maximum Gasteiger partial charge on any atom is 0.304 e. The van der Waals surface area contributed by atoms with Gasteiger partial charge in [-0.25, -0.2) is 5.09 Å². The van der Waals surface area contributed by atoms with Gasteiger partial charge in [0, 0.05) is 6.54 Å². The topological polar surface area (TPSA) is 66.4 Å². The summed E-state index contributed by atoms with van der Waals surface area (Å²) in [7, 11) is -0.213. The summed E-state index contributed by atoms with van der Waals surface area (Å²) in [6, 6.07) is 0. The van der Waals surface area contributed by atoms with E-state index >= 15 is 0 Å². The van der Waals surface area contributed by atoms with Crippen LogP contribution in [0.3, 0.4) is 0 Å². The summed E-state index contributed by atoms with van der Waals surface area (Å²) in [5.41, 5.74) is 0. The number of rotatable bonds is 4. The van der Waals surface area contributed by atoms with Crippen molar-refractivity contribution in [1.29, 1.82) is 0 Å². The van der Waals surface area contributed by atoms with E-state index in [-0.39, 0.29) is 21.6 Å². The Kier molecular flexibility index (Phi) is 4.41. The lowest BCUT2D eigenvalue weighted by molar-refractivity contribution is -0.136. The van der Waals surface area contributed by atoms with Crippen molar-refractivity contribution in [3.63, 3.8) is 0 Å². The van der Waals surface area contributed by atoms with Crippen LogP contribution in [-0.4, -0.2) is 17.6 Å². The second-order valence-corrected chi connectivity index (χ2v) is 1.64. The van der Waals surface area contributed by atoms with E-state index in [2.05, 4.69) is 5.09 Å². The van der Waals surface area contributed by atoms with E-state index in [9.17, 15) is 9.36 Å². The average molecular weight is 135 g/mol. The van der Waals surface area contributed by atoms with Crippen LogP contribution in [0.25, 0.3) is 0 Å². The molecule has 0 radical (unpaired) electrons. The Balaban J connectivity index is 2.93. The second kappa shape index (κ2) is 4.68. The molecule has 4 nitrogen and oxygen atoms in total. The first-order valence-corrected chi connectivity index (χ1v) is 2.85. The first-order chi connectivity index (χ1) is 3.77. The molecule has 0 saturated heterocycles. The zero-order valence-corrected chi connectivity index (χ0v) is 5.02. The fourth-order valence-corrected chi connectivity index (χ4v) is 0.412. The Hall–Kier alpha value is -0.470. The van der Waals surface area contributed by atoms with Gasteiger partial charge in [-0.2, -0.15) is 0 Å². The highest BCUT2D eigenvalue weighted by atomic mass is 31.1. The molecule has 0 atom stereocenters. The SMILES string of the molecule is O=PNCCC(=O)O. The molecule has 46 valence electrons. The monoisotopic (exact) mass is 135 g/mol. The number of carbonyl (C=O) groups is 1. The Morgan fingerprint density at radius 1 is 1.75 bits per heavy atom. The lowest BCUT2D eigenvalue weighted by atomic mass is 10.5. The van der Waals surface area contributed by atoms with Gasteiger partial charge in [-0.15, -0.1) is 0 Å². The summed E-state index contributed by atoms with van der Waals surface area (Å²) in [5, 5.41) is 10.3. The number of hydrogen-bond donors (Lipinski definition) is 2. The number of carboxylic acids is 1. The molecule has 0 aromatic carbocycles. The van der Waals surface area contributed by atoms with Crippen molar-refractivity contribution in [2.75, 3.05) is 6.54 Å². The summed E-state index contributed by atoms with van der Waals surface area (Å²) in [4.78, 5) is 9.73.